The van der Waals surface area contributed by atoms with Crippen LogP contribution in [0.4, 0.5) is 4.79 Å². The largest absolute Gasteiger partial charge is 0.293 e. The third kappa shape index (κ3) is 1.09. The third-order valence-corrected chi connectivity index (χ3v) is 2.15. The smallest absolute Gasteiger partial charge is 0.263 e. The monoisotopic (exact) mass is 166 g/mol. The number of fused-ring (bicyclic) bond motifs is 1. The van der Waals surface area contributed by atoms with Gasteiger partial charge in [-0.1, -0.05) is 6.08 Å². The van der Waals surface area contributed by atoms with Crippen molar-refractivity contribution in [2.75, 3.05) is 5.88 Å². The lowest BCUT2D eigenvalue weighted by Crippen LogP contribution is -2.32. The summed E-state index contributed by atoms with van der Waals surface area (Å²) in [7, 11) is 0. The van der Waals surface area contributed by atoms with Crippen molar-refractivity contribution in [1.82, 2.24) is 4.90 Å². The van der Waals surface area contributed by atoms with Gasteiger partial charge in [-0.15, -0.1) is 0 Å². The fourth-order valence-corrected chi connectivity index (χ4v) is 1.54. The van der Waals surface area contributed by atoms with E-state index in [1.54, 1.807) is 11.1 Å². The first-order chi connectivity index (χ1) is 5.38. The second-order valence-corrected chi connectivity index (χ2v) is 3.02. The van der Waals surface area contributed by atoms with E-state index in [-0.39, 0.29) is 5.24 Å². The summed E-state index contributed by atoms with van der Waals surface area (Å²) < 4.78 is 0. The molecule has 2 aliphatic heterocycles. The van der Waals surface area contributed by atoms with Crippen LogP contribution >= 0.6 is 11.8 Å². The molecule has 0 N–H and O–H groups in total. The van der Waals surface area contributed by atoms with Gasteiger partial charge in [-0.2, -0.15) is 0 Å². The van der Waals surface area contributed by atoms with E-state index in [0.29, 0.717) is 5.88 Å². The molecule has 0 radical (unpaired) electrons. The lowest BCUT2D eigenvalue weighted by molar-refractivity contribution is 0.251. The van der Waals surface area contributed by atoms with Crippen molar-refractivity contribution in [2.45, 2.75) is 0 Å². The number of carbonyl (C=O) groups excluding carboxylic acids is 1. The zero-order valence-electron chi connectivity index (χ0n) is 5.73. The van der Waals surface area contributed by atoms with Crippen molar-refractivity contribution in [3.8, 4) is 0 Å². The number of rotatable bonds is 0. The summed E-state index contributed by atoms with van der Waals surface area (Å²) in [6.07, 6.45) is 7.26. The maximum Gasteiger partial charge on any atom is 0.293 e. The highest BCUT2D eigenvalue weighted by Crippen LogP contribution is 2.18. The van der Waals surface area contributed by atoms with Gasteiger partial charge < -0.3 is 0 Å². The Hall–Kier alpha value is -1.03. The predicted molar refractivity (Wildman–Crippen MR) is 45.4 cm³/mol. The van der Waals surface area contributed by atoms with E-state index >= 15 is 0 Å². The number of hydrogen-bond acceptors (Lipinski definition) is 3. The van der Waals surface area contributed by atoms with Crippen LogP contribution in [0.1, 0.15) is 0 Å². The second-order valence-electron chi connectivity index (χ2n) is 2.13. The first kappa shape index (κ1) is 6.67. The number of thioether (sulfide) groups is 1. The normalized spacial score (nSPS) is 21.6. The maximum atomic E-state index is 11.2. The number of aliphatic imine (C=N–C) groups is 1. The van der Waals surface area contributed by atoms with E-state index in [0.717, 1.165) is 5.84 Å². The Morgan fingerprint density at radius 2 is 2.45 bits per heavy atom. The van der Waals surface area contributed by atoms with Gasteiger partial charge in [0.05, 0.1) is 5.88 Å². The van der Waals surface area contributed by atoms with Crippen molar-refractivity contribution in [3.05, 3.63) is 24.4 Å². The molecule has 0 saturated carbocycles. The summed E-state index contributed by atoms with van der Waals surface area (Å²) in [5.74, 6) is 1.29. The summed E-state index contributed by atoms with van der Waals surface area (Å²) >= 11 is 1.22. The molecule has 2 aliphatic rings. The third-order valence-electron chi connectivity index (χ3n) is 1.45. The van der Waals surface area contributed by atoms with Gasteiger partial charge in [0.25, 0.3) is 5.24 Å². The highest BCUT2D eigenvalue weighted by atomic mass is 32.2. The molecule has 1 amide bonds. The lowest BCUT2D eigenvalue weighted by atomic mass is 10.3. The van der Waals surface area contributed by atoms with Crippen molar-refractivity contribution in [2.24, 2.45) is 4.99 Å². The van der Waals surface area contributed by atoms with Gasteiger partial charge in [0.2, 0.25) is 0 Å². The Morgan fingerprint density at radius 3 is 3.27 bits per heavy atom. The van der Waals surface area contributed by atoms with Crippen LogP contribution in [-0.2, 0) is 0 Å². The highest BCUT2D eigenvalue weighted by molar-refractivity contribution is 8.13. The molecular weight excluding hydrogens is 160 g/mol. The van der Waals surface area contributed by atoms with E-state index in [1.807, 2.05) is 18.2 Å². The summed E-state index contributed by atoms with van der Waals surface area (Å²) in [6.45, 7) is 0. The van der Waals surface area contributed by atoms with E-state index in [4.69, 9.17) is 0 Å². The van der Waals surface area contributed by atoms with Gasteiger partial charge in [-0.05, 0) is 23.9 Å². The Balaban J connectivity index is 2.36. The number of amides is 1. The molecule has 2 rings (SSSR count). The topological polar surface area (TPSA) is 32.7 Å². The molecule has 0 unspecified atom stereocenters. The summed E-state index contributed by atoms with van der Waals surface area (Å²) in [5.41, 5.74) is 0. The standard InChI is InChI=1S/C7H6N2OS/c10-7-9-4-2-1-3-6(9)8-5-11-7/h1-4H,5H2. The fourth-order valence-electron chi connectivity index (χ4n) is 0.940. The minimum atomic E-state index is 0.0515. The number of amidine groups is 1. The van der Waals surface area contributed by atoms with Crippen molar-refractivity contribution < 1.29 is 4.79 Å². The molecule has 3 nitrogen and oxygen atoms in total. The Kier molecular flexibility index (Phi) is 1.54. The molecule has 56 valence electrons. The summed E-state index contributed by atoms with van der Waals surface area (Å²) in [4.78, 5) is 16.8. The van der Waals surface area contributed by atoms with Crippen LogP contribution in [-0.4, -0.2) is 21.9 Å². The number of allylic oxidation sites excluding steroid dienone is 2. The van der Waals surface area contributed by atoms with Crippen LogP contribution in [0, 0.1) is 0 Å². The molecule has 4 heteroatoms. The van der Waals surface area contributed by atoms with Gasteiger partial charge in [-0.3, -0.25) is 14.7 Å². The average molecular weight is 166 g/mol. The molecular formula is C7H6N2OS. The number of nitrogens with zero attached hydrogens (tertiary/aromatic N) is 2. The molecule has 0 spiro atoms. The molecule has 0 fully saturated rings. The number of hydrogen-bond donors (Lipinski definition) is 0. The summed E-state index contributed by atoms with van der Waals surface area (Å²) in [6, 6.07) is 0. The van der Waals surface area contributed by atoms with Crippen LogP contribution in [0.25, 0.3) is 0 Å². The summed E-state index contributed by atoms with van der Waals surface area (Å²) in [5, 5.41) is 0.0515. The zero-order chi connectivity index (χ0) is 7.68. The van der Waals surface area contributed by atoms with Crippen LogP contribution in [0.5, 0.6) is 0 Å². The minimum Gasteiger partial charge on any atom is -0.263 e. The predicted octanol–water partition coefficient (Wildman–Crippen LogP) is 1.59. The average Bonchev–Trinajstić information content (AvgIpc) is 2.06. The van der Waals surface area contributed by atoms with Crippen LogP contribution < -0.4 is 0 Å². The zero-order valence-corrected chi connectivity index (χ0v) is 6.54. The Labute approximate surface area is 68.5 Å². The second kappa shape index (κ2) is 2.54. The van der Waals surface area contributed by atoms with Gasteiger partial charge in [0, 0.05) is 6.20 Å². The molecule has 0 aromatic heterocycles. The van der Waals surface area contributed by atoms with E-state index in [9.17, 15) is 4.79 Å². The van der Waals surface area contributed by atoms with Crippen molar-refractivity contribution >= 4 is 22.8 Å². The first-order valence-corrected chi connectivity index (χ1v) is 4.22. The van der Waals surface area contributed by atoms with Crippen LogP contribution in [0.2, 0.25) is 0 Å². The van der Waals surface area contributed by atoms with Gasteiger partial charge in [-0.25, -0.2) is 0 Å². The fraction of sp³-hybridized carbons (Fsp3) is 0.143. The molecule has 0 bridgehead atoms. The van der Waals surface area contributed by atoms with Crippen LogP contribution in [0.3, 0.4) is 0 Å². The minimum absolute atomic E-state index is 0.0515. The first-order valence-electron chi connectivity index (χ1n) is 3.23. The van der Waals surface area contributed by atoms with Crippen molar-refractivity contribution in [1.29, 1.82) is 0 Å². The van der Waals surface area contributed by atoms with E-state index < -0.39 is 0 Å². The maximum absolute atomic E-state index is 11.2. The van der Waals surface area contributed by atoms with Crippen molar-refractivity contribution in [3.63, 3.8) is 0 Å². The molecule has 2 heterocycles. The highest BCUT2D eigenvalue weighted by Gasteiger charge is 2.20. The van der Waals surface area contributed by atoms with Gasteiger partial charge in [0.1, 0.15) is 5.84 Å². The van der Waals surface area contributed by atoms with Crippen LogP contribution in [0.15, 0.2) is 29.4 Å². The molecule has 0 atom stereocenters. The molecule has 0 aliphatic carbocycles. The Morgan fingerprint density at radius 1 is 1.55 bits per heavy atom. The van der Waals surface area contributed by atoms with E-state index in [1.165, 1.54) is 11.8 Å². The quantitative estimate of drug-likeness (QED) is 0.547. The lowest BCUT2D eigenvalue weighted by Gasteiger charge is -2.22. The SMILES string of the molecule is O=C1SCN=C2C=CC=CN12. The molecule has 0 saturated heterocycles. The molecule has 11 heavy (non-hydrogen) atoms. The number of carbonyl (C=O) groups is 1. The van der Waals surface area contributed by atoms with Gasteiger partial charge in [0.15, 0.2) is 0 Å². The van der Waals surface area contributed by atoms with Gasteiger partial charge >= 0.3 is 0 Å². The molecule has 0 aromatic rings. The van der Waals surface area contributed by atoms with E-state index in [2.05, 4.69) is 4.99 Å². The Bertz CT molecular complexity index is 280. The molecule has 0 aromatic carbocycles.